The molecule has 0 saturated carbocycles. The van der Waals surface area contributed by atoms with E-state index in [2.05, 4.69) is 38.0 Å². The molecule has 2 heteroatoms. The highest BCUT2D eigenvalue weighted by Gasteiger charge is 2.09. The Kier molecular flexibility index (Phi) is 11.3. The Labute approximate surface area is 107 Å². The predicted molar refractivity (Wildman–Crippen MR) is 75.1 cm³/mol. The Balaban J connectivity index is 3.88. The highest BCUT2D eigenvalue weighted by atomic mass is 16.5. The van der Waals surface area contributed by atoms with Gasteiger partial charge in [0, 0.05) is 12.5 Å². The minimum atomic E-state index is 0.563. The van der Waals surface area contributed by atoms with Gasteiger partial charge < -0.3 is 9.64 Å². The lowest BCUT2D eigenvalue weighted by atomic mass is 10.1. The third-order valence-electron chi connectivity index (χ3n) is 2.77. The molecule has 0 amide bonds. The minimum absolute atomic E-state index is 0.563. The molecule has 0 N–H and O–H groups in total. The molecule has 100 valence electrons. The standard InChI is InChI=1S/C15H29NO/c1-5-8-10-16(11-9-6-2)13-15(4)14-17-12-7-3/h12,15H,3,5-6,8-11,13-14H2,1-2,4H3/t15-/m0/s1. The topological polar surface area (TPSA) is 12.5 Å². The van der Waals surface area contributed by atoms with Gasteiger partial charge in [0.1, 0.15) is 6.26 Å². The maximum atomic E-state index is 5.33. The highest BCUT2D eigenvalue weighted by Crippen LogP contribution is 2.05. The summed E-state index contributed by atoms with van der Waals surface area (Å²) < 4.78 is 5.33. The van der Waals surface area contributed by atoms with E-state index in [9.17, 15) is 0 Å². The molecular weight excluding hydrogens is 210 g/mol. The summed E-state index contributed by atoms with van der Waals surface area (Å²) in [6, 6.07) is 0. The highest BCUT2D eigenvalue weighted by molar-refractivity contribution is 4.67. The predicted octanol–water partition coefficient (Wildman–Crippen LogP) is 3.84. The van der Waals surface area contributed by atoms with Gasteiger partial charge >= 0.3 is 0 Å². The second kappa shape index (κ2) is 11.8. The van der Waals surface area contributed by atoms with Crippen LogP contribution in [-0.4, -0.2) is 31.1 Å². The first-order valence-corrected chi connectivity index (χ1v) is 6.92. The van der Waals surface area contributed by atoms with Crippen LogP contribution in [0.25, 0.3) is 0 Å². The van der Waals surface area contributed by atoms with Crippen LogP contribution in [0.5, 0.6) is 0 Å². The van der Waals surface area contributed by atoms with Gasteiger partial charge in [-0.2, -0.15) is 0 Å². The zero-order chi connectivity index (χ0) is 12.9. The van der Waals surface area contributed by atoms with Crippen molar-refractivity contribution in [3.05, 3.63) is 18.6 Å². The number of ether oxygens (including phenoxy) is 1. The van der Waals surface area contributed by atoms with Gasteiger partial charge in [-0.15, -0.1) is 0 Å². The van der Waals surface area contributed by atoms with Gasteiger partial charge in [0.25, 0.3) is 0 Å². The summed E-state index contributed by atoms with van der Waals surface area (Å²) in [5.41, 5.74) is 2.63. The molecule has 0 spiro atoms. The molecule has 0 heterocycles. The molecule has 0 unspecified atom stereocenters. The lowest BCUT2D eigenvalue weighted by Gasteiger charge is -2.25. The quantitative estimate of drug-likeness (QED) is 0.401. The van der Waals surface area contributed by atoms with Gasteiger partial charge in [-0.05, 0) is 25.9 Å². The van der Waals surface area contributed by atoms with E-state index >= 15 is 0 Å². The smallest absolute Gasteiger partial charge is 0.124 e. The molecule has 0 bridgehead atoms. The van der Waals surface area contributed by atoms with Crippen LogP contribution in [0.4, 0.5) is 0 Å². The molecule has 0 fully saturated rings. The Morgan fingerprint density at radius 3 is 2.29 bits per heavy atom. The van der Waals surface area contributed by atoms with E-state index in [0.717, 1.165) is 13.2 Å². The lowest BCUT2D eigenvalue weighted by Crippen LogP contribution is -2.32. The van der Waals surface area contributed by atoms with Crippen LogP contribution in [0.3, 0.4) is 0 Å². The average Bonchev–Trinajstić information content (AvgIpc) is 2.33. The average molecular weight is 239 g/mol. The van der Waals surface area contributed by atoms with Crippen molar-refractivity contribution in [3.63, 3.8) is 0 Å². The monoisotopic (exact) mass is 239 g/mol. The zero-order valence-electron chi connectivity index (χ0n) is 11.9. The van der Waals surface area contributed by atoms with E-state index < -0.39 is 0 Å². The zero-order valence-corrected chi connectivity index (χ0v) is 11.9. The van der Waals surface area contributed by atoms with E-state index in [1.165, 1.54) is 38.8 Å². The minimum Gasteiger partial charge on any atom is -0.493 e. The van der Waals surface area contributed by atoms with E-state index in [4.69, 9.17) is 4.74 Å². The Morgan fingerprint density at radius 1 is 1.24 bits per heavy atom. The maximum absolute atomic E-state index is 5.33. The Hall–Kier alpha value is -0.720. The summed E-state index contributed by atoms with van der Waals surface area (Å²) in [6.45, 7) is 14.6. The van der Waals surface area contributed by atoms with Crippen LogP contribution in [0.1, 0.15) is 46.5 Å². The van der Waals surface area contributed by atoms with Gasteiger partial charge in [0.15, 0.2) is 0 Å². The van der Waals surface area contributed by atoms with Crippen LogP contribution in [-0.2, 0) is 4.74 Å². The lowest BCUT2D eigenvalue weighted by molar-refractivity contribution is 0.154. The van der Waals surface area contributed by atoms with Crippen LogP contribution in [0.2, 0.25) is 0 Å². The first-order valence-electron chi connectivity index (χ1n) is 6.92. The molecule has 0 radical (unpaired) electrons. The van der Waals surface area contributed by atoms with E-state index in [-0.39, 0.29) is 0 Å². The molecule has 0 aliphatic heterocycles. The molecule has 0 rings (SSSR count). The molecule has 0 aromatic carbocycles. The van der Waals surface area contributed by atoms with Gasteiger partial charge in [-0.3, -0.25) is 0 Å². The summed E-state index contributed by atoms with van der Waals surface area (Å²) in [4.78, 5) is 2.57. The summed E-state index contributed by atoms with van der Waals surface area (Å²) in [7, 11) is 0. The number of nitrogens with zero attached hydrogens (tertiary/aromatic N) is 1. The fourth-order valence-corrected chi connectivity index (χ4v) is 1.82. The van der Waals surface area contributed by atoms with Crippen molar-refractivity contribution in [2.75, 3.05) is 26.2 Å². The molecule has 1 atom stereocenters. The van der Waals surface area contributed by atoms with Gasteiger partial charge in [0.05, 0.1) is 6.61 Å². The van der Waals surface area contributed by atoms with Gasteiger partial charge in [-0.1, -0.05) is 45.9 Å². The molecule has 17 heavy (non-hydrogen) atoms. The van der Waals surface area contributed by atoms with Crippen LogP contribution in [0, 0.1) is 5.92 Å². The number of rotatable bonds is 11. The molecular formula is C15H29NO. The van der Waals surface area contributed by atoms with E-state index in [0.29, 0.717) is 5.92 Å². The molecule has 2 nitrogen and oxygen atoms in total. The van der Waals surface area contributed by atoms with Crippen molar-refractivity contribution >= 4 is 0 Å². The molecule has 0 aliphatic carbocycles. The van der Waals surface area contributed by atoms with Crippen molar-refractivity contribution in [1.82, 2.24) is 4.90 Å². The third-order valence-corrected chi connectivity index (χ3v) is 2.77. The first kappa shape index (κ1) is 16.3. The Bertz CT molecular complexity index is 201. The van der Waals surface area contributed by atoms with Crippen LogP contribution >= 0.6 is 0 Å². The summed E-state index contributed by atoms with van der Waals surface area (Å²) in [5.74, 6) is 0.563. The van der Waals surface area contributed by atoms with Crippen molar-refractivity contribution in [1.29, 1.82) is 0 Å². The molecule has 0 aromatic rings. The van der Waals surface area contributed by atoms with Gasteiger partial charge in [-0.25, -0.2) is 0 Å². The number of unbranched alkanes of at least 4 members (excludes halogenated alkanes) is 2. The van der Waals surface area contributed by atoms with E-state index in [1.54, 1.807) is 6.26 Å². The second-order valence-corrected chi connectivity index (χ2v) is 4.77. The third kappa shape index (κ3) is 10.2. The van der Waals surface area contributed by atoms with Crippen molar-refractivity contribution in [2.24, 2.45) is 5.92 Å². The maximum Gasteiger partial charge on any atom is 0.124 e. The van der Waals surface area contributed by atoms with Crippen molar-refractivity contribution in [2.45, 2.75) is 46.5 Å². The SMILES string of the molecule is C=C=COC[C@@H](C)CN(CCCC)CCCC. The molecule has 0 aliphatic rings. The summed E-state index contributed by atoms with van der Waals surface area (Å²) in [6.07, 6.45) is 6.69. The first-order chi connectivity index (χ1) is 8.24. The fraction of sp³-hybridized carbons (Fsp3) is 0.800. The largest absolute Gasteiger partial charge is 0.493 e. The van der Waals surface area contributed by atoms with E-state index in [1.807, 2.05) is 0 Å². The second-order valence-electron chi connectivity index (χ2n) is 4.77. The Morgan fingerprint density at radius 2 is 1.82 bits per heavy atom. The molecule has 0 aromatic heterocycles. The molecule has 0 saturated heterocycles. The van der Waals surface area contributed by atoms with Crippen LogP contribution < -0.4 is 0 Å². The fourth-order valence-electron chi connectivity index (χ4n) is 1.82. The van der Waals surface area contributed by atoms with Gasteiger partial charge in [0.2, 0.25) is 0 Å². The van der Waals surface area contributed by atoms with Crippen LogP contribution in [0.15, 0.2) is 18.6 Å². The van der Waals surface area contributed by atoms with Crippen molar-refractivity contribution in [3.8, 4) is 0 Å². The number of hydrogen-bond donors (Lipinski definition) is 0. The summed E-state index contributed by atoms with van der Waals surface area (Å²) in [5, 5.41) is 0. The normalized spacial score (nSPS) is 12.2. The number of hydrogen-bond acceptors (Lipinski definition) is 2. The van der Waals surface area contributed by atoms with Crippen molar-refractivity contribution < 1.29 is 4.74 Å². The summed E-state index contributed by atoms with van der Waals surface area (Å²) >= 11 is 0.